The average molecular weight is 115 g/mol. The molecule has 0 N–H and O–H groups in total. The summed E-state index contributed by atoms with van der Waals surface area (Å²) in [5.41, 5.74) is -0.741. The zero-order valence-corrected chi connectivity index (χ0v) is 6.19. The molecule has 0 bridgehead atoms. The second-order valence-electron chi connectivity index (χ2n) is 2.91. The van der Waals surface area contributed by atoms with Crippen molar-refractivity contribution in [1.29, 1.82) is 0 Å². The van der Waals surface area contributed by atoms with E-state index in [2.05, 4.69) is 0 Å². The van der Waals surface area contributed by atoms with Crippen molar-refractivity contribution in [2.75, 3.05) is 0 Å². The number of hydrogen-bond acceptors (Lipinski definition) is 1. The Kier molecular flexibility index (Phi) is 2.48. The second-order valence-corrected chi connectivity index (χ2v) is 2.91. The Hall–Kier alpha value is -0.0400. The van der Waals surface area contributed by atoms with Gasteiger partial charge in [-0.3, -0.25) is 0 Å². The monoisotopic (exact) mass is 115 g/mol. The Morgan fingerprint density at radius 1 is 1.50 bits per heavy atom. The Morgan fingerprint density at radius 3 is 1.88 bits per heavy atom. The van der Waals surface area contributed by atoms with Crippen molar-refractivity contribution in [3.8, 4) is 0 Å². The van der Waals surface area contributed by atoms with E-state index in [0.29, 0.717) is 5.92 Å². The fraction of sp³-hybridized carbons (Fsp3) is 1.00. The molecule has 0 saturated heterocycles. The van der Waals surface area contributed by atoms with Crippen molar-refractivity contribution in [1.82, 2.24) is 0 Å². The molecule has 0 fully saturated rings. The van der Waals surface area contributed by atoms with Crippen LogP contribution in [0.5, 0.6) is 0 Å². The van der Waals surface area contributed by atoms with Crippen LogP contribution in [0.1, 0.15) is 34.1 Å². The van der Waals surface area contributed by atoms with Crippen molar-refractivity contribution >= 4 is 0 Å². The molecule has 8 heavy (non-hydrogen) atoms. The Bertz CT molecular complexity index is 61.3. The van der Waals surface area contributed by atoms with Crippen molar-refractivity contribution < 1.29 is 5.11 Å². The van der Waals surface area contributed by atoms with E-state index in [-0.39, 0.29) is 0 Å². The van der Waals surface area contributed by atoms with Crippen molar-refractivity contribution in [2.45, 2.75) is 39.7 Å². The zero-order chi connectivity index (χ0) is 6.78. The molecule has 1 nitrogen and oxygen atoms in total. The van der Waals surface area contributed by atoms with Gasteiger partial charge in [-0.25, -0.2) is 0 Å². The van der Waals surface area contributed by atoms with Crippen molar-refractivity contribution in [2.24, 2.45) is 5.92 Å². The first kappa shape index (κ1) is 7.96. The van der Waals surface area contributed by atoms with E-state index in [9.17, 15) is 5.11 Å². The molecular weight excluding hydrogens is 100 g/mol. The first-order valence-corrected chi connectivity index (χ1v) is 3.19. The molecule has 0 spiro atoms. The Morgan fingerprint density at radius 2 is 1.88 bits per heavy atom. The van der Waals surface area contributed by atoms with Gasteiger partial charge in [-0.1, -0.05) is 40.0 Å². The quantitative estimate of drug-likeness (QED) is 0.530. The molecule has 1 unspecified atom stereocenters. The van der Waals surface area contributed by atoms with Gasteiger partial charge in [0.25, 0.3) is 0 Å². The highest BCUT2D eigenvalue weighted by molar-refractivity contribution is 4.69. The molecule has 0 aromatic carbocycles. The second kappa shape index (κ2) is 2.49. The van der Waals surface area contributed by atoms with E-state index in [1.54, 1.807) is 13.8 Å². The fourth-order valence-corrected chi connectivity index (χ4v) is 0.492. The van der Waals surface area contributed by atoms with Crippen LogP contribution in [0.25, 0.3) is 0 Å². The summed E-state index contributed by atoms with van der Waals surface area (Å²) >= 11 is 0. The van der Waals surface area contributed by atoms with Crippen LogP contribution in [0.15, 0.2) is 0 Å². The first-order chi connectivity index (χ1) is 3.48. The summed E-state index contributed by atoms with van der Waals surface area (Å²) in [4.78, 5) is 0. The van der Waals surface area contributed by atoms with Crippen molar-refractivity contribution in [3.05, 3.63) is 0 Å². The third kappa shape index (κ3) is 2.31. The summed E-state index contributed by atoms with van der Waals surface area (Å²) in [6.07, 6.45) is 0.983. The lowest BCUT2D eigenvalue weighted by Gasteiger charge is -2.38. The molecule has 1 heteroatoms. The van der Waals surface area contributed by atoms with Gasteiger partial charge in [0.05, 0.1) is 0 Å². The summed E-state index contributed by atoms with van der Waals surface area (Å²) in [7, 11) is 0. The van der Waals surface area contributed by atoms with Crippen molar-refractivity contribution in [3.63, 3.8) is 0 Å². The molecule has 50 valence electrons. The SMILES string of the molecule is CCC(C)C(C)(C)[O-]. The zero-order valence-electron chi connectivity index (χ0n) is 6.19. The topological polar surface area (TPSA) is 23.1 Å². The molecule has 0 aliphatic rings. The molecule has 0 radical (unpaired) electrons. The van der Waals surface area contributed by atoms with Crippen LogP contribution in [-0.4, -0.2) is 5.60 Å². The van der Waals surface area contributed by atoms with Gasteiger partial charge in [0.2, 0.25) is 0 Å². The molecular formula is C7H15O-. The van der Waals surface area contributed by atoms with Crippen LogP contribution < -0.4 is 5.11 Å². The third-order valence-electron chi connectivity index (χ3n) is 1.80. The predicted octanol–water partition coefficient (Wildman–Crippen LogP) is 1.17. The van der Waals surface area contributed by atoms with Gasteiger partial charge < -0.3 is 5.11 Å². The van der Waals surface area contributed by atoms with Crippen LogP contribution in [0.3, 0.4) is 0 Å². The van der Waals surface area contributed by atoms with Gasteiger partial charge in [0.15, 0.2) is 0 Å². The van der Waals surface area contributed by atoms with E-state index < -0.39 is 5.60 Å². The summed E-state index contributed by atoms with van der Waals surface area (Å²) in [6.45, 7) is 7.51. The highest BCUT2D eigenvalue weighted by Crippen LogP contribution is 2.14. The Labute approximate surface area is 51.7 Å². The molecule has 0 aliphatic heterocycles. The lowest BCUT2D eigenvalue weighted by Crippen LogP contribution is -2.42. The number of hydrogen-bond donors (Lipinski definition) is 0. The predicted molar refractivity (Wildman–Crippen MR) is 33.5 cm³/mol. The standard InChI is InChI=1S/C7H15O/c1-5-6(2)7(3,4)8/h6H,5H2,1-4H3/q-1. The maximum Gasteiger partial charge on any atom is -0.0544 e. The summed E-state index contributed by atoms with van der Waals surface area (Å²) in [5, 5.41) is 11.0. The van der Waals surface area contributed by atoms with E-state index in [4.69, 9.17) is 0 Å². The molecule has 0 saturated carbocycles. The average Bonchev–Trinajstić information content (AvgIpc) is 1.62. The van der Waals surface area contributed by atoms with Gasteiger partial charge in [0, 0.05) is 0 Å². The molecule has 0 rings (SSSR count). The highest BCUT2D eigenvalue weighted by Gasteiger charge is 2.09. The van der Waals surface area contributed by atoms with Gasteiger partial charge >= 0.3 is 0 Å². The van der Waals surface area contributed by atoms with Crippen LogP contribution >= 0.6 is 0 Å². The number of rotatable bonds is 2. The van der Waals surface area contributed by atoms with Gasteiger partial charge in [-0.2, -0.15) is 0 Å². The smallest absolute Gasteiger partial charge is 0.0544 e. The first-order valence-electron chi connectivity index (χ1n) is 3.19. The fourth-order valence-electron chi connectivity index (χ4n) is 0.492. The maximum absolute atomic E-state index is 11.0. The van der Waals surface area contributed by atoms with E-state index in [0.717, 1.165) is 6.42 Å². The summed E-state index contributed by atoms with van der Waals surface area (Å²) in [6, 6.07) is 0. The van der Waals surface area contributed by atoms with Crippen LogP contribution in [0.4, 0.5) is 0 Å². The van der Waals surface area contributed by atoms with Crippen LogP contribution in [-0.2, 0) is 0 Å². The van der Waals surface area contributed by atoms with Gasteiger partial charge in [-0.15, -0.1) is 5.60 Å². The molecule has 0 aromatic rings. The summed E-state index contributed by atoms with van der Waals surface area (Å²) < 4.78 is 0. The molecule has 0 heterocycles. The minimum Gasteiger partial charge on any atom is -0.850 e. The van der Waals surface area contributed by atoms with E-state index >= 15 is 0 Å². The molecule has 0 amide bonds. The minimum atomic E-state index is -0.741. The summed E-state index contributed by atoms with van der Waals surface area (Å²) in [5.74, 6) is 0.294. The van der Waals surface area contributed by atoms with Gasteiger partial charge in [0.1, 0.15) is 0 Å². The third-order valence-corrected chi connectivity index (χ3v) is 1.80. The normalized spacial score (nSPS) is 16.1. The molecule has 1 atom stereocenters. The Balaban J connectivity index is 3.62. The van der Waals surface area contributed by atoms with E-state index in [1.807, 2.05) is 13.8 Å². The lowest BCUT2D eigenvalue weighted by atomic mass is 9.91. The van der Waals surface area contributed by atoms with Crippen LogP contribution in [0, 0.1) is 5.92 Å². The highest BCUT2D eigenvalue weighted by atomic mass is 16.3. The molecule has 0 aliphatic carbocycles. The maximum atomic E-state index is 11.0. The van der Waals surface area contributed by atoms with E-state index in [1.165, 1.54) is 0 Å². The largest absolute Gasteiger partial charge is 0.850 e. The lowest BCUT2D eigenvalue weighted by molar-refractivity contribution is -0.479. The molecule has 0 aromatic heterocycles. The minimum absolute atomic E-state index is 0.294. The van der Waals surface area contributed by atoms with Gasteiger partial charge in [-0.05, 0) is 0 Å². The van der Waals surface area contributed by atoms with Crippen LogP contribution in [0.2, 0.25) is 0 Å².